The van der Waals surface area contributed by atoms with Crippen LogP contribution >= 0.6 is 11.6 Å². The molecule has 2 aliphatic rings. The molecule has 1 aliphatic heterocycles. The summed E-state index contributed by atoms with van der Waals surface area (Å²) in [7, 11) is 1.90. The predicted octanol–water partition coefficient (Wildman–Crippen LogP) is 7.15. The largest absolute Gasteiger partial charge is 0.484 e. The lowest BCUT2D eigenvalue weighted by atomic mass is 9.81. The van der Waals surface area contributed by atoms with E-state index in [2.05, 4.69) is 28.4 Å². The van der Waals surface area contributed by atoms with Gasteiger partial charge < -0.3 is 19.9 Å². The quantitative estimate of drug-likeness (QED) is 0.318. The van der Waals surface area contributed by atoms with E-state index in [1.807, 2.05) is 42.3 Å². The molecule has 1 saturated carbocycles. The summed E-state index contributed by atoms with van der Waals surface area (Å²) in [5.74, 6) is 1.02. The van der Waals surface area contributed by atoms with Gasteiger partial charge in [-0.3, -0.25) is 9.59 Å². The van der Waals surface area contributed by atoms with Crippen molar-refractivity contribution >= 4 is 34.8 Å². The van der Waals surface area contributed by atoms with E-state index in [0.29, 0.717) is 22.3 Å². The van der Waals surface area contributed by atoms with Gasteiger partial charge in [0.05, 0.1) is 11.4 Å². The minimum absolute atomic E-state index is 0.0349. The molecule has 3 aromatic rings. The normalized spacial score (nSPS) is 19.1. The molecule has 0 radical (unpaired) electrons. The van der Waals surface area contributed by atoms with Gasteiger partial charge in [0.15, 0.2) is 6.61 Å². The first-order chi connectivity index (χ1) is 19.5. The Morgan fingerprint density at radius 2 is 1.57 bits per heavy atom. The van der Waals surface area contributed by atoms with Crippen LogP contribution in [0.5, 0.6) is 5.75 Å². The van der Waals surface area contributed by atoms with Crippen LogP contribution in [0.4, 0.5) is 11.4 Å². The molecule has 0 aromatic heterocycles. The van der Waals surface area contributed by atoms with E-state index < -0.39 is 0 Å². The molecule has 0 bridgehead atoms. The van der Waals surface area contributed by atoms with Crippen molar-refractivity contribution in [2.75, 3.05) is 37.0 Å². The molecule has 210 valence electrons. The van der Waals surface area contributed by atoms with Crippen molar-refractivity contribution in [3.8, 4) is 5.75 Å². The Kier molecular flexibility index (Phi) is 9.27. The fourth-order valence-electron chi connectivity index (χ4n) is 5.92. The van der Waals surface area contributed by atoms with Crippen LogP contribution in [-0.2, 0) is 4.79 Å². The lowest BCUT2D eigenvalue weighted by Gasteiger charge is -2.35. The molecular formula is C33H38ClN3O3. The van der Waals surface area contributed by atoms with E-state index in [0.717, 1.165) is 50.1 Å². The number of nitrogens with zero attached hydrogens (tertiary/aromatic N) is 2. The van der Waals surface area contributed by atoms with Crippen LogP contribution in [0.2, 0.25) is 5.02 Å². The summed E-state index contributed by atoms with van der Waals surface area (Å²) in [6.07, 6.45) is 7.63. The minimum atomic E-state index is -0.163. The van der Waals surface area contributed by atoms with E-state index in [1.165, 1.54) is 24.8 Å². The van der Waals surface area contributed by atoms with Crippen LogP contribution in [0.3, 0.4) is 0 Å². The molecule has 0 atom stereocenters. The standard InChI is InChI=1S/C33H38ClN3O3/c1-36(33(39)26-9-15-27(34)16-10-26)28-17-11-24(12-18-28)25-13-19-29(20-14-25)40-23-32(38)35-30-7-3-4-8-31(30)37-21-5-2-6-22-37/h3-4,7-10,13-16,19-20,24,28H,2,5-6,11-12,17-18,21-23H2,1H3,(H,35,38). The van der Waals surface area contributed by atoms with Crippen molar-refractivity contribution in [1.82, 2.24) is 4.90 Å². The Labute approximate surface area is 242 Å². The van der Waals surface area contributed by atoms with E-state index in [9.17, 15) is 9.59 Å². The molecule has 0 spiro atoms. The molecule has 1 N–H and O–H groups in total. The van der Waals surface area contributed by atoms with E-state index >= 15 is 0 Å². The average Bonchev–Trinajstić information content (AvgIpc) is 3.01. The maximum Gasteiger partial charge on any atom is 0.262 e. The second-order valence-corrected chi connectivity index (χ2v) is 11.3. The van der Waals surface area contributed by atoms with Crippen LogP contribution in [0.25, 0.3) is 0 Å². The summed E-state index contributed by atoms with van der Waals surface area (Å²) in [6.45, 7) is 2.01. The van der Waals surface area contributed by atoms with Gasteiger partial charge in [0, 0.05) is 36.8 Å². The Morgan fingerprint density at radius 3 is 2.27 bits per heavy atom. The van der Waals surface area contributed by atoms with Crippen LogP contribution in [0.15, 0.2) is 72.8 Å². The number of hydrogen-bond acceptors (Lipinski definition) is 4. The van der Waals surface area contributed by atoms with Gasteiger partial charge in [0.2, 0.25) is 0 Å². The van der Waals surface area contributed by atoms with Gasteiger partial charge >= 0.3 is 0 Å². The van der Waals surface area contributed by atoms with Crippen LogP contribution in [-0.4, -0.2) is 49.5 Å². The highest BCUT2D eigenvalue weighted by Gasteiger charge is 2.28. The molecule has 5 rings (SSSR count). The molecular weight excluding hydrogens is 522 g/mol. The molecule has 1 aliphatic carbocycles. The van der Waals surface area contributed by atoms with Crippen molar-refractivity contribution < 1.29 is 14.3 Å². The monoisotopic (exact) mass is 559 g/mol. The molecule has 2 amide bonds. The zero-order chi connectivity index (χ0) is 27.9. The topological polar surface area (TPSA) is 61.9 Å². The number of ether oxygens (including phenoxy) is 1. The predicted molar refractivity (Wildman–Crippen MR) is 162 cm³/mol. The summed E-state index contributed by atoms with van der Waals surface area (Å²) >= 11 is 5.97. The first kappa shape index (κ1) is 28.0. The average molecular weight is 560 g/mol. The molecule has 2 fully saturated rings. The highest BCUT2D eigenvalue weighted by Crippen LogP contribution is 2.35. The van der Waals surface area contributed by atoms with E-state index in [4.69, 9.17) is 16.3 Å². The number of benzene rings is 3. The van der Waals surface area contributed by atoms with Crippen LogP contribution in [0.1, 0.15) is 66.8 Å². The zero-order valence-electron chi connectivity index (χ0n) is 23.2. The highest BCUT2D eigenvalue weighted by molar-refractivity contribution is 6.30. The van der Waals surface area contributed by atoms with Gasteiger partial charge in [0.25, 0.3) is 11.8 Å². The fourth-order valence-corrected chi connectivity index (χ4v) is 6.05. The summed E-state index contributed by atoms with van der Waals surface area (Å²) in [6, 6.07) is 23.4. The van der Waals surface area contributed by atoms with Gasteiger partial charge in [0.1, 0.15) is 5.75 Å². The Hall–Kier alpha value is -3.51. The van der Waals surface area contributed by atoms with Crippen molar-refractivity contribution in [3.63, 3.8) is 0 Å². The van der Waals surface area contributed by atoms with Crippen molar-refractivity contribution in [2.24, 2.45) is 0 Å². The second-order valence-electron chi connectivity index (χ2n) is 10.9. The number of carbonyl (C=O) groups excluding carboxylic acids is 2. The smallest absolute Gasteiger partial charge is 0.262 e. The molecule has 0 unspecified atom stereocenters. The van der Waals surface area contributed by atoms with Gasteiger partial charge in [-0.05, 0) is 105 Å². The molecule has 1 heterocycles. The number of nitrogens with one attached hydrogen (secondary N) is 1. The number of rotatable bonds is 8. The molecule has 1 saturated heterocycles. The molecule has 7 heteroatoms. The van der Waals surface area contributed by atoms with Crippen LogP contribution < -0.4 is 15.0 Å². The van der Waals surface area contributed by atoms with Crippen molar-refractivity contribution in [1.29, 1.82) is 0 Å². The van der Waals surface area contributed by atoms with Gasteiger partial charge in [-0.15, -0.1) is 0 Å². The SMILES string of the molecule is CN(C(=O)c1ccc(Cl)cc1)C1CCC(c2ccc(OCC(=O)Nc3ccccc3N3CCCCC3)cc2)CC1. The number of anilines is 2. The van der Waals surface area contributed by atoms with Gasteiger partial charge in [-0.25, -0.2) is 0 Å². The lowest BCUT2D eigenvalue weighted by Crippen LogP contribution is -2.39. The third-order valence-electron chi connectivity index (χ3n) is 8.25. The number of hydrogen-bond donors (Lipinski definition) is 1. The Bertz CT molecular complexity index is 1280. The third kappa shape index (κ3) is 6.97. The number of carbonyl (C=O) groups is 2. The first-order valence-electron chi connectivity index (χ1n) is 14.4. The first-order valence-corrected chi connectivity index (χ1v) is 14.7. The molecule has 40 heavy (non-hydrogen) atoms. The van der Waals surface area contributed by atoms with Gasteiger partial charge in [-0.1, -0.05) is 35.9 Å². The van der Waals surface area contributed by atoms with Crippen molar-refractivity contribution in [2.45, 2.75) is 56.9 Å². The molecule has 3 aromatic carbocycles. The van der Waals surface area contributed by atoms with Gasteiger partial charge in [-0.2, -0.15) is 0 Å². The lowest BCUT2D eigenvalue weighted by molar-refractivity contribution is -0.118. The maximum absolute atomic E-state index is 12.9. The summed E-state index contributed by atoms with van der Waals surface area (Å²) in [5.41, 5.74) is 3.86. The Balaban J connectivity index is 1.09. The highest BCUT2D eigenvalue weighted by atomic mass is 35.5. The number of halogens is 1. The Morgan fingerprint density at radius 1 is 0.900 bits per heavy atom. The van der Waals surface area contributed by atoms with Crippen molar-refractivity contribution in [3.05, 3.63) is 88.9 Å². The summed E-state index contributed by atoms with van der Waals surface area (Å²) < 4.78 is 5.81. The number of piperidine rings is 1. The number of amides is 2. The minimum Gasteiger partial charge on any atom is -0.484 e. The number of para-hydroxylation sites is 2. The van der Waals surface area contributed by atoms with E-state index in [-0.39, 0.29) is 24.5 Å². The van der Waals surface area contributed by atoms with Crippen LogP contribution in [0, 0.1) is 0 Å². The maximum atomic E-state index is 12.9. The zero-order valence-corrected chi connectivity index (χ0v) is 23.9. The molecule has 6 nitrogen and oxygen atoms in total. The summed E-state index contributed by atoms with van der Waals surface area (Å²) in [5, 5.41) is 3.67. The third-order valence-corrected chi connectivity index (χ3v) is 8.50. The summed E-state index contributed by atoms with van der Waals surface area (Å²) in [4.78, 5) is 29.8. The van der Waals surface area contributed by atoms with E-state index in [1.54, 1.807) is 24.3 Å². The fraction of sp³-hybridized carbons (Fsp3) is 0.394. The second kappa shape index (κ2) is 13.2.